The SMILES string of the molecule is COc1c(C)c(F)cc2c(=O)c(C(=O)O)cn([C@@H]3CC3F)c12. The number of alkyl halides is 1. The molecule has 5 nitrogen and oxygen atoms in total. The van der Waals surface area contributed by atoms with Crippen molar-refractivity contribution >= 4 is 16.9 Å². The second kappa shape index (κ2) is 4.79. The molecule has 7 heteroatoms. The number of fused-ring (bicyclic) bond motifs is 1. The number of carboxylic acids is 1. The maximum absolute atomic E-state index is 14.0. The van der Waals surface area contributed by atoms with Crippen molar-refractivity contribution in [2.24, 2.45) is 0 Å². The Balaban J connectivity index is 2.50. The van der Waals surface area contributed by atoms with Gasteiger partial charge in [-0.05, 0) is 13.0 Å². The van der Waals surface area contributed by atoms with E-state index in [-0.39, 0.29) is 28.6 Å². The van der Waals surface area contributed by atoms with E-state index in [1.54, 1.807) is 0 Å². The highest BCUT2D eigenvalue weighted by atomic mass is 19.1. The van der Waals surface area contributed by atoms with Crippen LogP contribution in [0.25, 0.3) is 10.9 Å². The summed E-state index contributed by atoms with van der Waals surface area (Å²) in [6, 6.07) is 0.411. The fourth-order valence-corrected chi connectivity index (χ4v) is 2.65. The van der Waals surface area contributed by atoms with Crippen molar-refractivity contribution in [1.29, 1.82) is 0 Å². The first-order valence-electron chi connectivity index (χ1n) is 6.66. The maximum Gasteiger partial charge on any atom is 0.341 e. The Morgan fingerprint density at radius 1 is 1.50 bits per heavy atom. The van der Waals surface area contributed by atoms with Crippen molar-refractivity contribution in [2.75, 3.05) is 7.11 Å². The average Bonchev–Trinajstić information content (AvgIpc) is 3.18. The molecule has 1 heterocycles. The summed E-state index contributed by atoms with van der Waals surface area (Å²) in [6.45, 7) is 1.48. The number of hydrogen-bond donors (Lipinski definition) is 1. The van der Waals surface area contributed by atoms with Crippen LogP contribution in [-0.4, -0.2) is 28.9 Å². The fourth-order valence-electron chi connectivity index (χ4n) is 2.65. The van der Waals surface area contributed by atoms with Gasteiger partial charge in [-0.15, -0.1) is 0 Å². The van der Waals surface area contributed by atoms with Gasteiger partial charge in [0.15, 0.2) is 0 Å². The van der Waals surface area contributed by atoms with Crippen LogP contribution in [0.15, 0.2) is 17.1 Å². The monoisotopic (exact) mass is 309 g/mol. The Kier molecular flexibility index (Phi) is 3.16. The van der Waals surface area contributed by atoms with Crippen molar-refractivity contribution in [3.05, 3.63) is 39.4 Å². The number of halogens is 2. The number of aromatic carboxylic acids is 1. The van der Waals surface area contributed by atoms with E-state index in [9.17, 15) is 18.4 Å². The smallest absolute Gasteiger partial charge is 0.341 e. The number of nitrogens with zero attached hydrogens (tertiary/aromatic N) is 1. The van der Waals surface area contributed by atoms with E-state index in [0.717, 1.165) is 12.3 Å². The number of ether oxygens (including phenoxy) is 1. The summed E-state index contributed by atoms with van der Waals surface area (Å²) in [5, 5.41) is 9.01. The van der Waals surface area contributed by atoms with Gasteiger partial charge in [0.2, 0.25) is 5.43 Å². The summed E-state index contributed by atoms with van der Waals surface area (Å²) in [5.41, 5.74) is -0.923. The number of methoxy groups -OCH3 is 1. The van der Waals surface area contributed by atoms with Crippen LogP contribution < -0.4 is 10.2 Å². The van der Waals surface area contributed by atoms with E-state index >= 15 is 0 Å². The minimum Gasteiger partial charge on any atom is -0.494 e. The molecule has 116 valence electrons. The lowest BCUT2D eigenvalue weighted by atomic mass is 10.1. The minimum atomic E-state index is -1.43. The molecule has 22 heavy (non-hydrogen) atoms. The van der Waals surface area contributed by atoms with Gasteiger partial charge in [0.1, 0.15) is 23.3 Å². The van der Waals surface area contributed by atoms with Gasteiger partial charge in [-0.25, -0.2) is 13.6 Å². The third kappa shape index (κ3) is 1.96. The van der Waals surface area contributed by atoms with Gasteiger partial charge < -0.3 is 14.4 Å². The highest BCUT2D eigenvalue weighted by molar-refractivity contribution is 5.95. The van der Waals surface area contributed by atoms with E-state index in [1.807, 2.05) is 0 Å². The lowest BCUT2D eigenvalue weighted by molar-refractivity contribution is 0.0694. The van der Waals surface area contributed by atoms with Gasteiger partial charge in [0.05, 0.1) is 24.1 Å². The van der Waals surface area contributed by atoms with E-state index in [0.29, 0.717) is 0 Å². The van der Waals surface area contributed by atoms with Crippen molar-refractivity contribution < 1.29 is 23.4 Å². The Morgan fingerprint density at radius 3 is 2.64 bits per heavy atom. The molecule has 1 saturated carbocycles. The first kappa shape index (κ1) is 14.5. The lowest BCUT2D eigenvalue weighted by Crippen LogP contribution is -2.20. The molecule has 0 bridgehead atoms. The summed E-state index contributed by atoms with van der Waals surface area (Å²) >= 11 is 0. The standard InChI is InChI=1S/C15H13F2NO4/c1-6-9(16)3-7-12(14(6)22-2)18(11-4-10(11)17)5-8(13(7)19)15(20)21/h3,5,10-11H,4H2,1-2H3,(H,20,21)/t10?,11-/m1/s1. The predicted octanol–water partition coefficient (Wildman–Crippen LogP) is 2.44. The van der Waals surface area contributed by atoms with Gasteiger partial charge in [-0.3, -0.25) is 4.79 Å². The molecule has 2 atom stereocenters. The van der Waals surface area contributed by atoms with Crippen LogP contribution in [0.5, 0.6) is 5.75 Å². The molecule has 3 rings (SSSR count). The largest absolute Gasteiger partial charge is 0.494 e. The van der Waals surface area contributed by atoms with Crippen molar-refractivity contribution in [2.45, 2.75) is 25.6 Å². The van der Waals surface area contributed by atoms with Crippen LogP contribution in [0, 0.1) is 12.7 Å². The third-order valence-electron chi connectivity index (χ3n) is 3.93. The topological polar surface area (TPSA) is 68.5 Å². The van der Waals surface area contributed by atoms with Gasteiger partial charge >= 0.3 is 5.97 Å². The summed E-state index contributed by atoms with van der Waals surface area (Å²) in [4.78, 5) is 23.5. The molecule has 1 aromatic carbocycles. The summed E-state index contributed by atoms with van der Waals surface area (Å²) in [7, 11) is 1.32. The summed E-state index contributed by atoms with van der Waals surface area (Å²) in [5.74, 6) is -2.00. The molecule has 1 N–H and O–H groups in total. The van der Waals surface area contributed by atoms with E-state index in [4.69, 9.17) is 9.84 Å². The zero-order valence-electron chi connectivity index (χ0n) is 11.9. The van der Waals surface area contributed by atoms with Crippen LogP contribution in [0.1, 0.15) is 28.4 Å². The zero-order chi connectivity index (χ0) is 16.2. The van der Waals surface area contributed by atoms with E-state index in [1.165, 1.54) is 18.6 Å². The molecule has 0 aliphatic heterocycles. The van der Waals surface area contributed by atoms with Crippen molar-refractivity contribution in [1.82, 2.24) is 4.57 Å². The Hall–Kier alpha value is -2.44. The van der Waals surface area contributed by atoms with Gasteiger partial charge in [0.25, 0.3) is 0 Å². The highest BCUT2D eigenvalue weighted by Crippen LogP contribution is 2.43. The number of benzene rings is 1. The quantitative estimate of drug-likeness (QED) is 0.945. The maximum atomic E-state index is 14.0. The van der Waals surface area contributed by atoms with Crippen LogP contribution in [0.3, 0.4) is 0 Å². The predicted molar refractivity (Wildman–Crippen MR) is 75.0 cm³/mol. The molecule has 1 fully saturated rings. The molecular weight excluding hydrogens is 296 g/mol. The minimum absolute atomic E-state index is 0.114. The molecule has 0 amide bonds. The van der Waals surface area contributed by atoms with Gasteiger partial charge in [-0.1, -0.05) is 0 Å². The van der Waals surface area contributed by atoms with Crippen molar-refractivity contribution in [3.8, 4) is 5.75 Å². The van der Waals surface area contributed by atoms with Crippen LogP contribution in [0.4, 0.5) is 8.78 Å². The molecule has 0 spiro atoms. The number of pyridine rings is 1. The average molecular weight is 309 g/mol. The van der Waals surface area contributed by atoms with Crippen molar-refractivity contribution in [3.63, 3.8) is 0 Å². The number of aromatic nitrogens is 1. The Morgan fingerprint density at radius 2 is 2.14 bits per heavy atom. The van der Waals surface area contributed by atoms with E-state index < -0.39 is 35.0 Å². The molecule has 0 radical (unpaired) electrons. The third-order valence-corrected chi connectivity index (χ3v) is 3.93. The molecule has 2 aromatic rings. The van der Waals surface area contributed by atoms with Gasteiger partial charge in [-0.2, -0.15) is 0 Å². The molecule has 1 unspecified atom stereocenters. The molecule has 1 aliphatic carbocycles. The second-order valence-electron chi connectivity index (χ2n) is 5.32. The number of carbonyl (C=O) groups is 1. The summed E-state index contributed by atoms with van der Waals surface area (Å²) < 4.78 is 34.0. The number of rotatable bonds is 3. The highest BCUT2D eigenvalue weighted by Gasteiger charge is 2.40. The number of hydrogen-bond acceptors (Lipinski definition) is 3. The Bertz CT molecular complexity index is 859. The van der Waals surface area contributed by atoms with Gasteiger partial charge in [0, 0.05) is 18.2 Å². The van der Waals surface area contributed by atoms with Crippen LogP contribution in [-0.2, 0) is 0 Å². The van der Waals surface area contributed by atoms with Crippen LogP contribution >= 0.6 is 0 Å². The first-order valence-corrected chi connectivity index (χ1v) is 6.66. The van der Waals surface area contributed by atoms with Crippen LogP contribution in [0.2, 0.25) is 0 Å². The Labute approximate surface area is 123 Å². The normalized spacial score (nSPS) is 20.2. The molecule has 1 aromatic heterocycles. The first-order chi connectivity index (χ1) is 10.4. The molecule has 0 saturated heterocycles. The number of carboxylic acid groups (broad SMARTS) is 1. The molecule has 1 aliphatic rings. The second-order valence-corrected chi connectivity index (χ2v) is 5.32. The summed E-state index contributed by atoms with van der Waals surface area (Å²) in [6.07, 6.45) is 0.204. The van der Waals surface area contributed by atoms with E-state index in [2.05, 4.69) is 0 Å². The lowest BCUT2D eigenvalue weighted by Gasteiger charge is -2.16. The zero-order valence-corrected chi connectivity index (χ0v) is 11.9. The molecular formula is C15H13F2NO4. The fraction of sp³-hybridized carbons (Fsp3) is 0.333.